The van der Waals surface area contributed by atoms with Crippen LogP contribution in [-0.4, -0.2) is 11.5 Å². The summed E-state index contributed by atoms with van der Waals surface area (Å²) in [4.78, 5) is 3.30. The lowest BCUT2D eigenvalue weighted by Gasteiger charge is -2.06. The molecule has 0 fully saturated rings. The van der Waals surface area contributed by atoms with Gasteiger partial charge in [-0.1, -0.05) is 18.6 Å². The fourth-order valence-corrected chi connectivity index (χ4v) is 1.92. The Hall–Kier alpha value is -1.28. The van der Waals surface area contributed by atoms with E-state index in [1.54, 1.807) is 0 Å². The number of nitrogens with one attached hydrogen (secondary N) is 1. The predicted octanol–water partition coefficient (Wildman–Crippen LogP) is 2.61. The fraction of sp³-hybridized carbons (Fsp3) is 0.385. The Morgan fingerprint density at radius 1 is 1.40 bits per heavy atom. The second kappa shape index (κ2) is 4.07. The zero-order valence-corrected chi connectivity index (χ0v) is 9.38. The van der Waals surface area contributed by atoms with Gasteiger partial charge in [0.05, 0.1) is 0 Å². The van der Waals surface area contributed by atoms with E-state index in [1.165, 1.54) is 22.0 Å². The Morgan fingerprint density at radius 2 is 2.20 bits per heavy atom. The van der Waals surface area contributed by atoms with E-state index >= 15 is 0 Å². The van der Waals surface area contributed by atoms with Crippen molar-refractivity contribution in [2.45, 2.75) is 20.3 Å². The van der Waals surface area contributed by atoms with Crippen LogP contribution >= 0.6 is 0 Å². The molecule has 0 spiro atoms. The van der Waals surface area contributed by atoms with Gasteiger partial charge in [-0.15, -0.1) is 0 Å². The summed E-state index contributed by atoms with van der Waals surface area (Å²) in [6, 6.07) is 6.51. The predicted molar refractivity (Wildman–Crippen MR) is 65.0 cm³/mol. The molecule has 80 valence electrons. The first-order valence-corrected chi connectivity index (χ1v) is 5.47. The molecule has 3 N–H and O–H groups in total. The molecular formula is C13H18N2. The molecule has 0 radical (unpaired) electrons. The standard InChI is InChI=1S/C13H18N2/c1-9-3-4-13-12(6-9)11(8-15-13)5-10(2)7-14/h3-4,6,8,10,15H,5,7,14H2,1-2H3. The quantitative estimate of drug-likeness (QED) is 0.789. The minimum atomic E-state index is 0.546. The van der Waals surface area contributed by atoms with Crippen molar-refractivity contribution >= 4 is 10.9 Å². The lowest BCUT2D eigenvalue weighted by atomic mass is 10.00. The highest BCUT2D eigenvalue weighted by atomic mass is 14.7. The highest BCUT2D eigenvalue weighted by Crippen LogP contribution is 2.21. The normalized spacial score (nSPS) is 13.3. The highest BCUT2D eigenvalue weighted by molar-refractivity contribution is 5.83. The van der Waals surface area contributed by atoms with E-state index < -0.39 is 0 Å². The molecule has 1 unspecified atom stereocenters. The summed E-state index contributed by atoms with van der Waals surface area (Å²) in [5.41, 5.74) is 9.56. The molecular weight excluding hydrogens is 184 g/mol. The van der Waals surface area contributed by atoms with E-state index in [9.17, 15) is 0 Å². The Labute approximate surface area is 90.5 Å². The number of benzene rings is 1. The maximum atomic E-state index is 5.65. The van der Waals surface area contributed by atoms with Gasteiger partial charge in [-0.05, 0) is 43.5 Å². The Balaban J connectivity index is 2.39. The average Bonchev–Trinajstić information content (AvgIpc) is 2.61. The molecule has 1 atom stereocenters. The summed E-state index contributed by atoms with van der Waals surface area (Å²) in [5, 5.41) is 1.34. The molecule has 0 aliphatic rings. The molecule has 0 amide bonds. The van der Waals surface area contributed by atoms with Gasteiger partial charge in [0.25, 0.3) is 0 Å². The second-order valence-electron chi connectivity index (χ2n) is 4.41. The molecule has 0 saturated heterocycles. The Bertz CT molecular complexity index is 457. The van der Waals surface area contributed by atoms with Crippen LogP contribution in [0, 0.1) is 12.8 Å². The van der Waals surface area contributed by atoms with Crippen LogP contribution in [-0.2, 0) is 6.42 Å². The molecule has 2 rings (SSSR count). The molecule has 0 bridgehead atoms. The zero-order valence-electron chi connectivity index (χ0n) is 9.38. The van der Waals surface area contributed by atoms with Crippen molar-refractivity contribution in [3.05, 3.63) is 35.5 Å². The van der Waals surface area contributed by atoms with Crippen LogP contribution in [0.5, 0.6) is 0 Å². The van der Waals surface area contributed by atoms with Crippen molar-refractivity contribution in [3.63, 3.8) is 0 Å². The van der Waals surface area contributed by atoms with Crippen LogP contribution in [0.1, 0.15) is 18.1 Å². The first kappa shape index (κ1) is 10.2. The SMILES string of the molecule is Cc1ccc2[nH]cc(CC(C)CN)c2c1. The smallest absolute Gasteiger partial charge is 0.0456 e. The van der Waals surface area contributed by atoms with Crippen molar-refractivity contribution in [2.75, 3.05) is 6.54 Å². The number of rotatable bonds is 3. The summed E-state index contributed by atoms with van der Waals surface area (Å²) < 4.78 is 0. The summed E-state index contributed by atoms with van der Waals surface area (Å²) in [6.07, 6.45) is 3.16. The van der Waals surface area contributed by atoms with Crippen molar-refractivity contribution in [1.82, 2.24) is 4.98 Å². The molecule has 2 heteroatoms. The molecule has 2 aromatic rings. The molecule has 0 saturated carbocycles. The van der Waals surface area contributed by atoms with Crippen LogP contribution in [0.3, 0.4) is 0 Å². The molecule has 1 aromatic heterocycles. The van der Waals surface area contributed by atoms with Crippen LogP contribution in [0.2, 0.25) is 0 Å². The van der Waals surface area contributed by atoms with E-state index in [0.717, 1.165) is 13.0 Å². The van der Waals surface area contributed by atoms with E-state index in [2.05, 4.69) is 43.2 Å². The third-order valence-corrected chi connectivity index (χ3v) is 2.89. The van der Waals surface area contributed by atoms with Gasteiger partial charge in [-0.25, -0.2) is 0 Å². The zero-order chi connectivity index (χ0) is 10.8. The van der Waals surface area contributed by atoms with Gasteiger partial charge in [-0.2, -0.15) is 0 Å². The number of nitrogens with two attached hydrogens (primary N) is 1. The summed E-state index contributed by atoms with van der Waals surface area (Å²) in [5.74, 6) is 0.546. The van der Waals surface area contributed by atoms with E-state index in [1.807, 2.05) is 0 Å². The number of aromatic amines is 1. The Kier molecular flexibility index (Phi) is 2.78. The van der Waals surface area contributed by atoms with Gasteiger partial charge >= 0.3 is 0 Å². The van der Waals surface area contributed by atoms with E-state index in [-0.39, 0.29) is 0 Å². The minimum Gasteiger partial charge on any atom is -0.361 e. The van der Waals surface area contributed by atoms with Gasteiger partial charge < -0.3 is 10.7 Å². The van der Waals surface area contributed by atoms with E-state index in [0.29, 0.717) is 5.92 Å². The summed E-state index contributed by atoms with van der Waals surface area (Å²) in [7, 11) is 0. The maximum Gasteiger partial charge on any atom is 0.0456 e. The number of hydrogen-bond donors (Lipinski definition) is 2. The van der Waals surface area contributed by atoms with Crippen molar-refractivity contribution in [2.24, 2.45) is 11.7 Å². The van der Waals surface area contributed by atoms with Crippen LogP contribution in [0.15, 0.2) is 24.4 Å². The number of H-pyrrole nitrogens is 1. The van der Waals surface area contributed by atoms with Gasteiger partial charge in [0, 0.05) is 17.1 Å². The van der Waals surface area contributed by atoms with Gasteiger partial charge in [-0.3, -0.25) is 0 Å². The summed E-state index contributed by atoms with van der Waals surface area (Å²) in [6.45, 7) is 5.07. The van der Waals surface area contributed by atoms with Crippen LogP contribution < -0.4 is 5.73 Å². The molecule has 1 heterocycles. The third kappa shape index (κ3) is 2.05. The van der Waals surface area contributed by atoms with Crippen LogP contribution in [0.4, 0.5) is 0 Å². The monoisotopic (exact) mass is 202 g/mol. The molecule has 2 nitrogen and oxygen atoms in total. The number of aromatic nitrogens is 1. The first-order chi connectivity index (χ1) is 7.20. The molecule has 15 heavy (non-hydrogen) atoms. The number of aryl methyl sites for hydroxylation is 1. The summed E-state index contributed by atoms with van der Waals surface area (Å²) >= 11 is 0. The van der Waals surface area contributed by atoms with Crippen molar-refractivity contribution in [3.8, 4) is 0 Å². The average molecular weight is 202 g/mol. The maximum absolute atomic E-state index is 5.65. The van der Waals surface area contributed by atoms with Gasteiger partial charge in [0.15, 0.2) is 0 Å². The van der Waals surface area contributed by atoms with Crippen molar-refractivity contribution in [1.29, 1.82) is 0 Å². The fourth-order valence-electron chi connectivity index (χ4n) is 1.92. The lowest BCUT2D eigenvalue weighted by Crippen LogP contribution is -2.12. The highest BCUT2D eigenvalue weighted by Gasteiger charge is 2.07. The lowest BCUT2D eigenvalue weighted by molar-refractivity contribution is 0.595. The Morgan fingerprint density at radius 3 is 2.93 bits per heavy atom. The third-order valence-electron chi connectivity index (χ3n) is 2.89. The van der Waals surface area contributed by atoms with E-state index in [4.69, 9.17) is 5.73 Å². The van der Waals surface area contributed by atoms with Gasteiger partial charge in [0.2, 0.25) is 0 Å². The van der Waals surface area contributed by atoms with Crippen molar-refractivity contribution < 1.29 is 0 Å². The second-order valence-corrected chi connectivity index (χ2v) is 4.41. The molecule has 0 aliphatic carbocycles. The molecule has 1 aromatic carbocycles. The number of hydrogen-bond acceptors (Lipinski definition) is 1. The molecule has 0 aliphatic heterocycles. The first-order valence-electron chi connectivity index (χ1n) is 5.47. The minimum absolute atomic E-state index is 0.546. The van der Waals surface area contributed by atoms with Gasteiger partial charge in [0.1, 0.15) is 0 Å². The number of fused-ring (bicyclic) bond motifs is 1. The van der Waals surface area contributed by atoms with Crippen LogP contribution in [0.25, 0.3) is 10.9 Å². The topological polar surface area (TPSA) is 41.8 Å². The largest absolute Gasteiger partial charge is 0.361 e.